The Kier molecular flexibility index (Phi) is 6.51. The van der Waals surface area contributed by atoms with Crippen LogP contribution in [-0.4, -0.2) is 41.1 Å². The summed E-state index contributed by atoms with van der Waals surface area (Å²) in [6, 6.07) is 16.3. The summed E-state index contributed by atoms with van der Waals surface area (Å²) in [6.45, 7) is 2.16. The zero-order chi connectivity index (χ0) is 22.5. The van der Waals surface area contributed by atoms with E-state index in [9.17, 15) is 9.59 Å². The highest BCUT2D eigenvalue weighted by Gasteiger charge is 2.17. The molecule has 32 heavy (non-hydrogen) atoms. The van der Waals surface area contributed by atoms with Crippen LogP contribution in [-0.2, 0) is 11.2 Å². The Morgan fingerprint density at radius 1 is 1.12 bits per heavy atom. The molecule has 0 fully saturated rings. The van der Waals surface area contributed by atoms with Gasteiger partial charge >= 0.3 is 0 Å². The standard InChI is InChI=1S/C24H24N4O3S/c1-16(22(29)25-12-11-17-5-8-19(31-2)9-6-17)26-23(30)18-7-10-20-21(15-18)32-24(27-20)28-13-3-4-14-28/h3-10,13-16H,11-12H2,1-2H3,(H,25,29)(H,26,30)/t16-/m1/s1. The third-order valence-corrected chi connectivity index (χ3v) is 6.11. The summed E-state index contributed by atoms with van der Waals surface area (Å²) in [5.74, 6) is 0.285. The molecule has 2 amide bonds. The number of thiazole rings is 1. The van der Waals surface area contributed by atoms with Crippen molar-refractivity contribution < 1.29 is 14.3 Å². The Morgan fingerprint density at radius 2 is 1.88 bits per heavy atom. The average Bonchev–Trinajstić information content (AvgIpc) is 3.48. The molecule has 7 nitrogen and oxygen atoms in total. The lowest BCUT2D eigenvalue weighted by Gasteiger charge is -2.14. The van der Waals surface area contributed by atoms with Gasteiger partial charge in [-0.15, -0.1) is 0 Å². The van der Waals surface area contributed by atoms with E-state index in [1.165, 1.54) is 11.3 Å². The lowest BCUT2D eigenvalue weighted by atomic mass is 10.1. The molecule has 4 rings (SSSR count). The number of nitrogens with zero attached hydrogens (tertiary/aromatic N) is 2. The number of hydrogen-bond acceptors (Lipinski definition) is 5. The molecule has 8 heteroatoms. The Morgan fingerprint density at radius 3 is 2.59 bits per heavy atom. The summed E-state index contributed by atoms with van der Waals surface area (Å²) >= 11 is 1.51. The zero-order valence-electron chi connectivity index (χ0n) is 17.9. The Balaban J connectivity index is 1.32. The molecule has 0 aliphatic rings. The summed E-state index contributed by atoms with van der Waals surface area (Å²) in [5.41, 5.74) is 2.43. The largest absolute Gasteiger partial charge is 0.497 e. The second-order valence-electron chi connectivity index (χ2n) is 7.35. The molecular weight excluding hydrogens is 424 g/mol. The highest BCUT2D eigenvalue weighted by molar-refractivity contribution is 7.20. The summed E-state index contributed by atoms with van der Waals surface area (Å²) in [4.78, 5) is 29.7. The number of carbonyl (C=O) groups excluding carboxylic acids is 2. The van der Waals surface area contributed by atoms with E-state index < -0.39 is 6.04 Å². The van der Waals surface area contributed by atoms with Crippen molar-refractivity contribution in [2.24, 2.45) is 0 Å². The van der Waals surface area contributed by atoms with Crippen molar-refractivity contribution >= 4 is 33.4 Å². The molecule has 0 unspecified atom stereocenters. The fraction of sp³-hybridized carbons (Fsp3) is 0.208. The van der Waals surface area contributed by atoms with Gasteiger partial charge in [-0.25, -0.2) is 4.98 Å². The van der Waals surface area contributed by atoms with E-state index >= 15 is 0 Å². The topological polar surface area (TPSA) is 85.2 Å². The van der Waals surface area contributed by atoms with Gasteiger partial charge in [-0.3, -0.25) is 9.59 Å². The first-order valence-corrected chi connectivity index (χ1v) is 11.1. The van der Waals surface area contributed by atoms with Crippen LogP contribution in [0.4, 0.5) is 0 Å². The number of fused-ring (bicyclic) bond motifs is 1. The van der Waals surface area contributed by atoms with Crippen molar-refractivity contribution in [2.45, 2.75) is 19.4 Å². The van der Waals surface area contributed by atoms with Crippen molar-refractivity contribution in [2.75, 3.05) is 13.7 Å². The Labute approximate surface area is 190 Å². The van der Waals surface area contributed by atoms with Crippen LogP contribution in [0.25, 0.3) is 15.3 Å². The van der Waals surface area contributed by atoms with Crippen LogP contribution in [0.5, 0.6) is 5.75 Å². The normalized spacial score (nSPS) is 11.8. The summed E-state index contributed by atoms with van der Waals surface area (Å²) in [7, 11) is 1.63. The van der Waals surface area contributed by atoms with Crippen molar-refractivity contribution in [3.05, 3.63) is 78.1 Å². The van der Waals surface area contributed by atoms with Crippen LogP contribution in [0.15, 0.2) is 67.0 Å². The number of aromatic nitrogens is 2. The molecule has 0 aliphatic carbocycles. The molecule has 1 atom stereocenters. The van der Waals surface area contributed by atoms with Crippen molar-refractivity contribution in [1.29, 1.82) is 0 Å². The fourth-order valence-electron chi connectivity index (χ4n) is 3.25. The van der Waals surface area contributed by atoms with Gasteiger partial charge in [-0.05, 0) is 61.4 Å². The molecule has 164 valence electrons. The molecule has 0 aliphatic heterocycles. The van der Waals surface area contributed by atoms with E-state index in [0.29, 0.717) is 18.5 Å². The maximum absolute atomic E-state index is 12.7. The Hall–Kier alpha value is -3.65. The number of nitrogens with one attached hydrogen (secondary N) is 2. The maximum atomic E-state index is 12.7. The first kappa shape index (κ1) is 21.6. The minimum Gasteiger partial charge on any atom is -0.497 e. The van der Waals surface area contributed by atoms with Crippen LogP contribution in [0.1, 0.15) is 22.8 Å². The van der Waals surface area contributed by atoms with E-state index in [4.69, 9.17) is 4.74 Å². The summed E-state index contributed by atoms with van der Waals surface area (Å²) in [6.07, 6.45) is 4.56. The van der Waals surface area contributed by atoms with E-state index in [1.54, 1.807) is 20.1 Å². The highest BCUT2D eigenvalue weighted by Crippen LogP contribution is 2.26. The molecule has 0 radical (unpaired) electrons. The lowest BCUT2D eigenvalue weighted by molar-refractivity contribution is -0.122. The van der Waals surface area contributed by atoms with E-state index in [1.807, 2.05) is 65.5 Å². The minimum atomic E-state index is -0.647. The number of methoxy groups -OCH3 is 1. The Bertz CT molecular complexity index is 1220. The number of benzene rings is 2. The van der Waals surface area contributed by atoms with Crippen LogP contribution >= 0.6 is 11.3 Å². The molecule has 2 heterocycles. The lowest BCUT2D eigenvalue weighted by Crippen LogP contribution is -2.45. The first-order chi connectivity index (χ1) is 15.5. The van der Waals surface area contributed by atoms with Gasteiger partial charge < -0.3 is 19.9 Å². The van der Waals surface area contributed by atoms with Crippen molar-refractivity contribution in [3.63, 3.8) is 0 Å². The summed E-state index contributed by atoms with van der Waals surface area (Å²) in [5, 5.41) is 6.48. The van der Waals surface area contributed by atoms with Gasteiger partial charge in [0.15, 0.2) is 5.13 Å². The number of amides is 2. The first-order valence-electron chi connectivity index (χ1n) is 10.3. The molecule has 0 saturated heterocycles. The predicted octanol–water partition coefficient (Wildman–Crippen LogP) is 3.57. The van der Waals surface area contributed by atoms with Gasteiger partial charge in [0, 0.05) is 24.5 Å². The van der Waals surface area contributed by atoms with Crippen molar-refractivity contribution in [1.82, 2.24) is 20.2 Å². The number of rotatable bonds is 8. The van der Waals surface area contributed by atoms with E-state index in [2.05, 4.69) is 15.6 Å². The van der Waals surface area contributed by atoms with Gasteiger partial charge in [0.05, 0.1) is 17.3 Å². The van der Waals surface area contributed by atoms with Gasteiger partial charge in [-0.1, -0.05) is 23.5 Å². The van der Waals surface area contributed by atoms with Gasteiger partial charge in [0.25, 0.3) is 5.91 Å². The minimum absolute atomic E-state index is 0.222. The predicted molar refractivity (Wildman–Crippen MR) is 126 cm³/mol. The zero-order valence-corrected chi connectivity index (χ0v) is 18.7. The monoisotopic (exact) mass is 448 g/mol. The average molecular weight is 449 g/mol. The maximum Gasteiger partial charge on any atom is 0.251 e. The fourth-order valence-corrected chi connectivity index (χ4v) is 4.22. The quantitative estimate of drug-likeness (QED) is 0.432. The van der Waals surface area contributed by atoms with E-state index in [-0.39, 0.29) is 11.8 Å². The van der Waals surface area contributed by atoms with Crippen LogP contribution in [0.3, 0.4) is 0 Å². The van der Waals surface area contributed by atoms with Crippen LogP contribution < -0.4 is 15.4 Å². The summed E-state index contributed by atoms with van der Waals surface area (Å²) < 4.78 is 7.99. The molecule has 0 saturated carbocycles. The molecule has 2 N–H and O–H groups in total. The molecule has 0 spiro atoms. The smallest absolute Gasteiger partial charge is 0.251 e. The molecule has 0 bridgehead atoms. The van der Waals surface area contributed by atoms with Gasteiger partial charge in [0.1, 0.15) is 11.8 Å². The van der Waals surface area contributed by atoms with E-state index in [0.717, 1.165) is 26.7 Å². The third kappa shape index (κ3) is 4.97. The van der Waals surface area contributed by atoms with Gasteiger partial charge in [-0.2, -0.15) is 0 Å². The third-order valence-electron chi connectivity index (χ3n) is 5.08. The molecule has 4 aromatic rings. The number of carbonyl (C=O) groups is 2. The second kappa shape index (κ2) is 9.65. The van der Waals surface area contributed by atoms with Crippen molar-refractivity contribution in [3.8, 4) is 10.9 Å². The number of hydrogen-bond donors (Lipinski definition) is 2. The van der Waals surface area contributed by atoms with Crippen LogP contribution in [0.2, 0.25) is 0 Å². The number of ether oxygens (including phenoxy) is 1. The van der Waals surface area contributed by atoms with Crippen LogP contribution in [0, 0.1) is 0 Å². The highest BCUT2D eigenvalue weighted by atomic mass is 32.1. The van der Waals surface area contributed by atoms with Gasteiger partial charge in [0.2, 0.25) is 5.91 Å². The molecule has 2 aromatic heterocycles. The second-order valence-corrected chi connectivity index (χ2v) is 8.36. The molecular formula is C24H24N4O3S. The SMILES string of the molecule is COc1ccc(CCNC(=O)[C@@H](C)NC(=O)c2ccc3nc(-n4cccc4)sc3c2)cc1. The molecule has 2 aromatic carbocycles.